The van der Waals surface area contributed by atoms with Gasteiger partial charge in [-0.2, -0.15) is 0 Å². The molecule has 0 saturated carbocycles. The Morgan fingerprint density at radius 2 is 1.92 bits per heavy atom. The van der Waals surface area contributed by atoms with E-state index in [4.69, 9.17) is 4.74 Å². The summed E-state index contributed by atoms with van der Waals surface area (Å²) < 4.78 is 5.36. The van der Waals surface area contributed by atoms with Gasteiger partial charge in [0.2, 0.25) is 5.91 Å². The highest BCUT2D eigenvalue weighted by atomic mass is 16.5. The maximum atomic E-state index is 12.6. The summed E-state index contributed by atoms with van der Waals surface area (Å²) in [5.41, 5.74) is 3.94. The van der Waals surface area contributed by atoms with Crippen molar-refractivity contribution in [3.05, 3.63) is 41.0 Å². The lowest BCUT2D eigenvalue weighted by Gasteiger charge is -2.34. The third-order valence-electron chi connectivity index (χ3n) is 5.35. The smallest absolute Gasteiger partial charge is 0.236 e. The Hall–Kier alpha value is -1.65. The first-order valence-corrected chi connectivity index (χ1v) is 9.46. The van der Waals surface area contributed by atoms with E-state index in [2.05, 4.69) is 54.0 Å². The van der Waals surface area contributed by atoms with Gasteiger partial charge in [-0.25, -0.2) is 0 Å². The van der Waals surface area contributed by atoms with Crippen molar-refractivity contribution in [2.75, 3.05) is 45.9 Å². The molecule has 136 valence electrons. The van der Waals surface area contributed by atoms with E-state index in [9.17, 15) is 4.79 Å². The number of likely N-dealkylation sites (tertiary alicyclic amines) is 1. The van der Waals surface area contributed by atoms with E-state index >= 15 is 0 Å². The highest BCUT2D eigenvalue weighted by Gasteiger charge is 2.24. The van der Waals surface area contributed by atoms with Crippen LogP contribution in [0.1, 0.15) is 29.5 Å². The summed E-state index contributed by atoms with van der Waals surface area (Å²) in [6.07, 6.45) is 6.83. The Kier molecular flexibility index (Phi) is 6.27. The largest absolute Gasteiger partial charge is 0.379 e. The minimum atomic E-state index is 0.270. The van der Waals surface area contributed by atoms with Crippen LogP contribution in [0.15, 0.2) is 24.3 Å². The lowest BCUT2D eigenvalue weighted by molar-refractivity contribution is -0.134. The molecule has 1 unspecified atom stereocenters. The van der Waals surface area contributed by atoms with Gasteiger partial charge in [0.1, 0.15) is 0 Å². The van der Waals surface area contributed by atoms with Crippen molar-refractivity contribution in [3.63, 3.8) is 0 Å². The van der Waals surface area contributed by atoms with Gasteiger partial charge >= 0.3 is 0 Å². The molecule has 3 rings (SSSR count). The second kappa shape index (κ2) is 8.63. The SMILES string of the molecule is Cc1cccc(C)c1/C=C/C1CCCN(C(=O)CN2CCOCC2)C1. The number of rotatable bonds is 4. The van der Waals surface area contributed by atoms with Gasteiger partial charge in [0.15, 0.2) is 0 Å². The molecule has 0 N–H and O–H groups in total. The summed E-state index contributed by atoms with van der Waals surface area (Å²) in [4.78, 5) is 16.9. The van der Waals surface area contributed by atoms with E-state index in [1.807, 2.05) is 0 Å². The van der Waals surface area contributed by atoms with Gasteiger partial charge in [-0.15, -0.1) is 0 Å². The molecule has 2 saturated heterocycles. The van der Waals surface area contributed by atoms with E-state index in [1.165, 1.54) is 23.1 Å². The van der Waals surface area contributed by atoms with Crippen LogP contribution in [-0.2, 0) is 9.53 Å². The predicted octanol–water partition coefficient (Wildman–Crippen LogP) is 2.89. The van der Waals surface area contributed by atoms with Crippen LogP contribution in [-0.4, -0.2) is 61.6 Å². The summed E-state index contributed by atoms with van der Waals surface area (Å²) in [5.74, 6) is 0.730. The van der Waals surface area contributed by atoms with Gasteiger partial charge in [0.25, 0.3) is 0 Å². The van der Waals surface area contributed by atoms with Crippen molar-refractivity contribution in [1.29, 1.82) is 0 Å². The number of hydrogen-bond donors (Lipinski definition) is 0. The third kappa shape index (κ3) is 4.93. The monoisotopic (exact) mass is 342 g/mol. The van der Waals surface area contributed by atoms with Crippen LogP contribution >= 0.6 is 0 Å². The molecule has 2 aliphatic rings. The molecule has 4 heteroatoms. The Balaban J connectivity index is 1.57. The molecule has 0 aliphatic carbocycles. The highest BCUT2D eigenvalue weighted by molar-refractivity contribution is 5.78. The van der Waals surface area contributed by atoms with E-state index in [0.717, 1.165) is 45.8 Å². The molecule has 1 aromatic carbocycles. The first-order valence-electron chi connectivity index (χ1n) is 9.46. The molecule has 0 bridgehead atoms. The second-order valence-corrected chi connectivity index (χ2v) is 7.30. The van der Waals surface area contributed by atoms with Crippen LogP contribution in [0.25, 0.3) is 6.08 Å². The van der Waals surface area contributed by atoms with Crippen LogP contribution in [0.4, 0.5) is 0 Å². The fraction of sp³-hybridized carbons (Fsp3) is 0.571. The molecule has 1 atom stereocenters. The second-order valence-electron chi connectivity index (χ2n) is 7.30. The van der Waals surface area contributed by atoms with Crippen molar-refractivity contribution in [3.8, 4) is 0 Å². The molecule has 0 radical (unpaired) electrons. The molecule has 2 aliphatic heterocycles. The first-order chi connectivity index (χ1) is 12.1. The summed E-state index contributed by atoms with van der Waals surface area (Å²) in [6.45, 7) is 9.84. The number of amides is 1. The van der Waals surface area contributed by atoms with Crippen LogP contribution in [0.3, 0.4) is 0 Å². The normalized spacial score (nSPS) is 22.5. The standard InChI is InChI=1S/C21H30N2O2/c1-17-5-3-6-18(2)20(17)9-8-19-7-4-10-23(15-19)21(24)16-22-11-13-25-14-12-22/h3,5-6,8-9,19H,4,7,10-16H2,1-2H3/b9-8+. The zero-order chi connectivity index (χ0) is 17.6. The van der Waals surface area contributed by atoms with Crippen LogP contribution in [0.2, 0.25) is 0 Å². The fourth-order valence-electron chi connectivity index (χ4n) is 3.77. The number of carbonyl (C=O) groups is 1. The third-order valence-corrected chi connectivity index (χ3v) is 5.35. The summed E-state index contributed by atoms with van der Waals surface area (Å²) in [7, 11) is 0. The van der Waals surface area contributed by atoms with E-state index in [-0.39, 0.29) is 5.91 Å². The average molecular weight is 342 g/mol. The Bertz CT molecular complexity index is 600. The number of piperidine rings is 1. The molecule has 2 heterocycles. The number of nitrogens with zero attached hydrogens (tertiary/aromatic N) is 2. The van der Waals surface area contributed by atoms with Crippen LogP contribution < -0.4 is 0 Å². The van der Waals surface area contributed by atoms with Crippen LogP contribution in [0, 0.1) is 19.8 Å². The van der Waals surface area contributed by atoms with E-state index < -0.39 is 0 Å². The van der Waals surface area contributed by atoms with Crippen LogP contribution in [0.5, 0.6) is 0 Å². The Morgan fingerprint density at radius 3 is 2.64 bits per heavy atom. The molecule has 2 fully saturated rings. The molecular formula is C21H30N2O2. The number of benzene rings is 1. The molecule has 4 nitrogen and oxygen atoms in total. The summed E-state index contributed by atoms with van der Waals surface area (Å²) >= 11 is 0. The number of morpholine rings is 1. The predicted molar refractivity (Wildman–Crippen MR) is 102 cm³/mol. The zero-order valence-corrected chi connectivity index (χ0v) is 15.5. The van der Waals surface area contributed by atoms with Crippen molar-refractivity contribution in [2.24, 2.45) is 5.92 Å². The molecule has 25 heavy (non-hydrogen) atoms. The number of hydrogen-bond acceptors (Lipinski definition) is 3. The van der Waals surface area contributed by atoms with Gasteiger partial charge in [-0.1, -0.05) is 30.4 Å². The Morgan fingerprint density at radius 1 is 1.20 bits per heavy atom. The van der Waals surface area contributed by atoms with Gasteiger partial charge in [0.05, 0.1) is 19.8 Å². The van der Waals surface area contributed by atoms with Crippen molar-refractivity contribution in [1.82, 2.24) is 9.80 Å². The van der Waals surface area contributed by atoms with Gasteiger partial charge in [-0.3, -0.25) is 9.69 Å². The molecular weight excluding hydrogens is 312 g/mol. The van der Waals surface area contributed by atoms with E-state index in [0.29, 0.717) is 12.5 Å². The number of ether oxygens (including phenoxy) is 1. The van der Waals surface area contributed by atoms with Crippen molar-refractivity contribution in [2.45, 2.75) is 26.7 Å². The lowest BCUT2D eigenvalue weighted by Crippen LogP contribution is -2.47. The summed E-state index contributed by atoms with van der Waals surface area (Å²) in [5, 5.41) is 0. The quantitative estimate of drug-likeness (QED) is 0.843. The minimum Gasteiger partial charge on any atom is -0.379 e. The zero-order valence-electron chi connectivity index (χ0n) is 15.5. The van der Waals surface area contributed by atoms with Gasteiger partial charge in [-0.05, 0) is 49.3 Å². The molecule has 1 aromatic rings. The topological polar surface area (TPSA) is 32.8 Å². The highest BCUT2D eigenvalue weighted by Crippen LogP contribution is 2.21. The van der Waals surface area contributed by atoms with Crippen molar-refractivity contribution < 1.29 is 9.53 Å². The summed E-state index contributed by atoms with van der Waals surface area (Å²) in [6, 6.07) is 6.42. The maximum absolute atomic E-state index is 12.6. The first kappa shape index (κ1) is 18.2. The molecule has 1 amide bonds. The van der Waals surface area contributed by atoms with Gasteiger partial charge in [0, 0.05) is 26.2 Å². The van der Waals surface area contributed by atoms with E-state index in [1.54, 1.807) is 0 Å². The number of carbonyl (C=O) groups excluding carboxylic acids is 1. The molecule has 0 spiro atoms. The number of aryl methyl sites for hydroxylation is 2. The average Bonchev–Trinajstić information content (AvgIpc) is 2.62. The minimum absolute atomic E-state index is 0.270. The Labute approximate surface area is 151 Å². The fourth-order valence-corrected chi connectivity index (χ4v) is 3.77. The maximum Gasteiger partial charge on any atom is 0.236 e. The van der Waals surface area contributed by atoms with Gasteiger partial charge < -0.3 is 9.64 Å². The van der Waals surface area contributed by atoms with Crippen molar-refractivity contribution >= 4 is 12.0 Å². The molecule has 0 aromatic heterocycles. The lowest BCUT2D eigenvalue weighted by atomic mass is 9.95.